The fraction of sp³-hybridized carbons (Fsp3) is 0. The second-order valence-electron chi connectivity index (χ2n) is 10.3. The van der Waals surface area contributed by atoms with E-state index in [0.717, 1.165) is 44.7 Å². The van der Waals surface area contributed by atoms with Crippen LogP contribution in [0.2, 0.25) is 0 Å². The molecule has 0 unspecified atom stereocenters. The molecule has 0 N–H and O–H groups in total. The molecule has 8 aromatic rings. The molecule has 0 atom stereocenters. The van der Waals surface area contributed by atoms with E-state index in [1.54, 1.807) is 6.20 Å². The summed E-state index contributed by atoms with van der Waals surface area (Å²) >= 11 is 0. The Morgan fingerprint density at radius 3 is 1.40 bits per heavy atom. The molecular formula is C38H24N4. The first-order chi connectivity index (χ1) is 20.8. The van der Waals surface area contributed by atoms with Crippen LogP contribution in [0, 0.1) is 0 Å². The highest BCUT2D eigenvalue weighted by Gasteiger charge is 2.17. The average molecular weight is 537 g/mol. The Labute approximate surface area is 243 Å². The van der Waals surface area contributed by atoms with E-state index in [4.69, 9.17) is 9.97 Å². The minimum atomic E-state index is 0.858. The van der Waals surface area contributed by atoms with E-state index in [1.165, 1.54) is 32.7 Å². The minimum Gasteiger partial charge on any atom is -0.255 e. The van der Waals surface area contributed by atoms with Gasteiger partial charge in [0.2, 0.25) is 0 Å². The SMILES string of the molecule is c1ccc(-c2ccc(-c3c4ccccc4c(-c4ccc(-c5nccc6ccccc56)nc4)c4ccccc34)cn2)nc1. The normalized spacial score (nSPS) is 11.3. The van der Waals surface area contributed by atoms with Crippen LogP contribution < -0.4 is 0 Å². The van der Waals surface area contributed by atoms with Crippen LogP contribution in [0.25, 0.3) is 77.3 Å². The summed E-state index contributed by atoms with van der Waals surface area (Å²) in [6.07, 6.45) is 7.59. The second-order valence-corrected chi connectivity index (χ2v) is 10.3. The Morgan fingerprint density at radius 2 is 0.857 bits per heavy atom. The highest BCUT2D eigenvalue weighted by atomic mass is 14.8. The zero-order chi connectivity index (χ0) is 27.9. The van der Waals surface area contributed by atoms with Gasteiger partial charge >= 0.3 is 0 Å². The van der Waals surface area contributed by atoms with Gasteiger partial charge in [0.1, 0.15) is 0 Å². The highest BCUT2D eigenvalue weighted by Crippen LogP contribution is 2.43. The summed E-state index contributed by atoms with van der Waals surface area (Å²) in [5.74, 6) is 0. The zero-order valence-electron chi connectivity index (χ0n) is 22.6. The molecule has 0 amide bonds. The number of rotatable bonds is 4. The molecule has 0 aliphatic rings. The third kappa shape index (κ3) is 4.01. The highest BCUT2D eigenvalue weighted by molar-refractivity contribution is 6.21. The lowest BCUT2D eigenvalue weighted by Crippen LogP contribution is -1.93. The van der Waals surface area contributed by atoms with Crippen LogP contribution in [0.4, 0.5) is 0 Å². The molecule has 0 radical (unpaired) electrons. The Kier molecular flexibility index (Phi) is 5.75. The first kappa shape index (κ1) is 24.1. The van der Waals surface area contributed by atoms with E-state index in [-0.39, 0.29) is 0 Å². The molecular weight excluding hydrogens is 512 g/mol. The first-order valence-electron chi connectivity index (χ1n) is 14.0. The quantitative estimate of drug-likeness (QED) is 0.210. The van der Waals surface area contributed by atoms with E-state index in [9.17, 15) is 0 Å². The van der Waals surface area contributed by atoms with Crippen LogP contribution in [-0.2, 0) is 0 Å². The molecule has 4 heteroatoms. The lowest BCUT2D eigenvalue weighted by atomic mass is 9.86. The Hall–Kier alpha value is -5.74. The van der Waals surface area contributed by atoms with Gasteiger partial charge in [-0.05, 0) is 68.4 Å². The van der Waals surface area contributed by atoms with Gasteiger partial charge < -0.3 is 0 Å². The van der Waals surface area contributed by atoms with Crippen molar-refractivity contribution in [3.8, 4) is 45.0 Å². The van der Waals surface area contributed by atoms with Crippen LogP contribution in [0.15, 0.2) is 146 Å². The number of benzene rings is 4. The summed E-state index contributed by atoms with van der Waals surface area (Å²) < 4.78 is 0. The predicted octanol–water partition coefficient (Wildman–Crippen LogP) is 9.39. The zero-order valence-corrected chi connectivity index (χ0v) is 22.6. The second kappa shape index (κ2) is 10.0. The Morgan fingerprint density at radius 1 is 0.333 bits per heavy atom. The largest absolute Gasteiger partial charge is 0.255 e. The van der Waals surface area contributed by atoms with Gasteiger partial charge in [0.25, 0.3) is 0 Å². The van der Waals surface area contributed by atoms with Crippen LogP contribution >= 0.6 is 0 Å². The van der Waals surface area contributed by atoms with Crippen LogP contribution in [0.3, 0.4) is 0 Å². The van der Waals surface area contributed by atoms with E-state index < -0.39 is 0 Å². The summed E-state index contributed by atoms with van der Waals surface area (Å²) in [4.78, 5) is 18.9. The van der Waals surface area contributed by atoms with Crippen molar-refractivity contribution >= 4 is 32.3 Å². The van der Waals surface area contributed by atoms with Gasteiger partial charge in [-0.15, -0.1) is 0 Å². The summed E-state index contributed by atoms with van der Waals surface area (Å²) in [6.45, 7) is 0. The maximum atomic E-state index is 4.93. The maximum Gasteiger partial charge on any atom is 0.0964 e. The molecule has 0 saturated carbocycles. The molecule has 196 valence electrons. The maximum absolute atomic E-state index is 4.93. The number of nitrogens with zero attached hydrogens (tertiary/aromatic N) is 4. The molecule has 4 nitrogen and oxygen atoms in total. The minimum absolute atomic E-state index is 0.858. The molecule has 4 aromatic carbocycles. The topological polar surface area (TPSA) is 51.6 Å². The Balaban J connectivity index is 1.30. The van der Waals surface area contributed by atoms with E-state index in [0.29, 0.717) is 0 Å². The Bertz CT molecular complexity index is 2160. The van der Waals surface area contributed by atoms with Crippen molar-refractivity contribution in [1.29, 1.82) is 0 Å². The van der Waals surface area contributed by atoms with Gasteiger partial charge in [-0.2, -0.15) is 0 Å². The van der Waals surface area contributed by atoms with Crippen molar-refractivity contribution in [3.63, 3.8) is 0 Å². The molecule has 0 saturated heterocycles. The lowest BCUT2D eigenvalue weighted by Gasteiger charge is -2.17. The lowest BCUT2D eigenvalue weighted by molar-refractivity contribution is 1.25. The van der Waals surface area contributed by atoms with Crippen LogP contribution in [0.5, 0.6) is 0 Å². The van der Waals surface area contributed by atoms with Crippen molar-refractivity contribution in [2.24, 2.45) is 0 Å². The summed E-state index contributed by atoms with van der Waals surface area (Å²) in [5, 5.41) is 6.97. The molecule has 0 spiro atoms. The molecule has 42 heavy (non-hydrogen) atoms. The van der Waals surface area contributed by atoms with Crippen molar-refractivity contribution in [2.45, 2.75) is 0 Å². The van der Waals surface area contributed by atoms with Crippen molar-refractivity contribution in [2.75, 3.05) is 0 Å². The molecule has 0 bridgehead atoms. The average Bonchev–Trinajstić information content (AvgIpc) is 3.07. The molecule has 0 fully saturated rings. The summed E-state index contributed by atoms with van der Waals surface area (Å²) in [6, 6.07) is 41.9. The molecule has 4 heterocycles. The monoisotopic (exact) mass is 536 g/mol. The number of hydrogen-bond donors (Lipinski definition) is 0. The third-order valence-electron chi connectivity index (χ3n) is 7.88. The number of aromatic nitrogens is 4. The molecule has 8 rings (SSSR count). The van der Waals surface area contributed by atoms with Gasteiger partial charge in [-0.25, -0.2) is 0 Å². The number of fused-ring (bicyclic) bond motifs is 3. The smallest absolute Gasteiger partial charge is 0.0964 e. The van der Waals surface area contributed by atoms with Crippen LogP contribution in [0.1, 0.15) is 0 Å². The van der Waals surface area contributed by atoms with Gasteiger partial charge in [0.15, 0.2) is 0 Å². The van der Waals surface area contributed by atoms with Crippen LogP contribution in [-0.4, -0.2) is 19.9 Å². The fourth-order valence-electron chi connectivity index (χ4n) is 5.96. The van der Waals surface area contributed by atoms with E-state index in [2.05, 4.69) is 94.9 Å². The van der Waals surface area contributed by atoms with Gasteiger partial charge in [-0.1, -0.05) is 91.0 Å². The molecule has 0 aliphatic heterocycles. The van der Waals surface area contributed by atoms with E-state index >= 15 is 0 Å². The molecule has 4 aromatic heterocycles. The van der Waals surface area contributed by atoms with Crippen molar-refractivity contribution in [3.05, 3.63) is 146 Å². The van der Waals surface area contributed by atoms with Gasteiger partial charge in [-0.3, -0.25) is 19.9 Å². The van der Waals surface area contributed by atoms with Gasteiger partial charge in [0, 0.05) is 41.3 Å². The number of pyridine rings is 4. The molecule has 0 aliphatic carbocycles. The first-order valence-corrected chi connectivity index (χ1v) is 14.0. The predicted molar refractivity (Wildman–Crippen MR) is 172 cm³/mol. The van der Waals surface area contributed by atoms with Gasteiger partial charge in [0.05, 0.1) is 22.8 Å². The number of hydrogen-bond acceptors (Lipinski definition) is 4. The van der Waals surface area contributed by atoms with Crippen molar-refractivity contribution < 1.29 is 0 Å². The summed E-state index contributed by atoms with van der Waals surface area (Å²) in [7, 11) is 0. The van der Waals surface area contributed by atoms with E-state index in [1.807, 2.05) is 55.0 Å². The standard InChI is InChI=1S/C38H24N4/c1-2-10-28-25(9-1)20-22-40-38(28)35-19-17-27(24-42-35)37-31-13-5-3-11-29(31)36(30-12-4-6-14-32(30)37)26-16-18-34(41-23-26)33-15-7-8-21-39-33/h1-24H. The third-order valence-corrected chi connectivity index (χ3v) is 7.88. The summed E-state index contributed by atoms with van der Waals surface area (Å²) in [5.41, 5.74) is 7.97. The fourth-order valence-corrected chi connectivity index (χ4v) is 5.96. The van der Waals surface area contributed by atoms with Crippen molar-refractivity contribution in [1.82, 2.24) is 19.9 Å².